The quantitative estimate of drug-likeness (QED) is 0.840. The largest absolute Gasteiger partial charge is 0.288 e. The molecule has 0 aliphatic rings. The smallest absolute Gasteiger partial charge is 0.285 e. The topological polar surface area (TPSA) is 61.6 Å². The molecule has 1 aromatic heterocycles. The third-order valence-electron chi connectivity index (χ3n) is 2.35. The summed E-state index contributed by atoms with van der Waals surface area (Å²) in [5.41, 5.74) is 1.07. The Balaban J connectivity index is 2.18. The first-order valence-corrected chi connectivity index (χ1v) is 6.06. The van der Waals surface area contributed by atoms with Crippen LogP contribution in [-0.2, 0) is 12.8 Å². The molecule has 4 nitrogen and oxygen atoms in total. The van der Waals surface area contributed by atoms with Crippen molar-refractivity contribution in [3.05, 3.63) is 51.8 Å². The first-order chi connectivity index (χ1) is 8.22. The minimum absolute atomic E-state index is 0.188. The number of nitrogens with zero attached hydrogens (tertiary/aromatic N) is 2. The maximum Gasteiger partial charge on any atom is 0.285 e. The zero-order chi connectivity index (χ0) is 12.3. The zero-order valence-corrected chi connectivity index (χ0v) is 10.1. The molecule has 0 spiro atoms. The van der Waals surface area contributed by atoms with E-state index < -0.39 is 0 Å². The second kappa shape index (κ2) is 4.93. The highest BCUT2D eigenvalue weighted by atomic mass is 32.2. The van der Waals surface area contributed by atoms with Gasteiger partial charge in [-0.15, -0.1) is 11.8 Å². The third-order valence-corrected chi connectivity index (χ3v) is 3.41. The molecule has 0 saturated heterocycles. The van der Waals surface area contributed by atoms with E-state index in [1.165, 1.54) is 16.4 Å². The molecule has 2 aromatic rings. The van der Waals surface area contributed by atoms with E-state index in [0.29, 0.717) is 5.03 Å². The Hall–Kier alpha value is -1.93. The fourth-order valence-electron chi connectivity index (χ4n) is 1.46. The number of aromatic nitrogens is 2. The van der Waals surface area contributed by atoms with E-state index in [4.69, 9.17) is 5.26 Å². The molecule has 0 fully saturated rings. The summed E-state index contributed by atoms with van der Waals surface area (Å²) in [6, 6.07) is 11.9. The van der Waals surface area contributed by atoms with Gasteiger partial charge in [-0.1, -0.05) is 30.3 Å². The van der Waals surface area contributed by atoms with Crippen LogP contribution >= 0.6 is 11.8 Å². The van der Waals surface area contributed by atoms with E-state index in [1.54, 1.807) is 7.05 Å². The number of hydrogen-bond donors (Lipinski definition) is 1. The molecular weight excluding hydrogens is 234 g/mol. The number of hydrogen-bond acceptors (Lipinski definition) is 3. The van der Waals surface area contributed by atoms with Crippen LogP contribution < -0.4 is 5.56 Å². The Morgan fingerprint density at radius 3 is 2.76 bits per heavy atom. The maximum absolute atomic E-state index is 11.5. The van der Waals surface area contributed by atoms with Gasteiger partial charge in [0.2, 0.25) is 0 Å². The molecule has 86 valence electrons. The fraction of sp³-hybridized carbons (Fsp3) is 0.167. The Bertz CT molecular complexity index is 607. The molecular formula is C12H11N3OS. The van der Waals surface area contributed by atoms with Crippen molar-refractivity contribution in [3.63, 3.8) is 0 Å². The Morgan fingerprint density at radius 1 is 1.41 bits per heavy atom. The summed E-state index contributed by atoms with van der Waals surface area (Å²) in [7, 11) is 1.61. The summed E-state index contributed by atoms with van der Waals surface area (Å²) in [6.07, 6.45) is 0. The van der Waals surface area contributed by atoms with Crippen LogP contribution in [0.2, 0.25) is 0 Å². The van der Waals surface area contributed by atoms with E-state index >= 15 is 0 Å². The lowest BCUT2D eigenvalue weighted by molar-refractivity contribution is 0.715. The minimum Gasteiger partial charge on any atom is -0.288 e. The molecule has 0 aliphatic carbocycles. The number of benzene rings is 1. The van der Waals surface area contributed by atoms with E-state index in [9.17, 15) is 4.79 Å². The predicted octanol–water partition coefficient (Wildman–Crippen LogP) is 1.88. The summed E-state index contributed by atoms with van der Waals surface area (Å²) in [5.74, 6) is 0.732. The van der Waals surface area contributed by atoms with Gasteiger partial charge in [0.25, 0.3) is 5.56 Å². The Morgan fingerprint density at radius 2 is 2.12 bits per heavy atom. The number of rotatable bonds is 3. The Labute approximate surface area is 103 Å². The van der Waals surface area contributed by atoms with Gasteiger partial charge < -0.3 is 0 Å². The average Bonchev–Trinajstić information content (AvgIpc) is 2.63. The molecule has 1 N–H and O–H groups in total. The van der Waals surface area contributed by atoms with Crippen molar-refractivity contribution in [3.8, 4) is 6.07 Å². The summed E-state index contributed by atoms with van der Waals surface area (Å²) in [4.78, 5) is 11.5. The molecule has 17 heavy (non-hydrogen) atoms. The maximum atomic E-state index is 11.5. The van der Waals surface area contributed by atoms with Crippen molar-refractivity contribution >= 4 is 11.8 Å². The van der Waals surface area contributed by atoms with Crippen molar-refractivity contribution in [2.24, 2.45) is 7.05 Å². The van der Waals surface area contributed by atoms with Crippen LogP contribution in [0.25, 0.3) is 0 Å². The highest BCUT2D eigenvalue weighted by Crippen LogP contribution is 2.22. The summed E-state index contributed by atoms with van der Waals surface area (Å²) < 4.78 is 1.33. The molecule has 1 aromatic carbocycles. The lowest BCUT2D eigenvalue weighted by atomic mass is 10.2. The van der Waals surface area contributed by atoms with E-state index in [0.717, 1.165) is 11.3 Å². The molecule has 0 saturated carbocycles. The average molecular weight is 245 g/mol. The van der Waals surface area contributed by atoms with Gasteiger partial charge in [0.15, 0.2) is 5.56 Å². The number of nitriles is 1. The van der Waals surface area contributed by atoms with Crippen LogP contribution in [0.1, 0.15) is 11.1 Å². The van der Waals surface area contributed by atoms with Gasteiger partial charge in [-0.3, -0.25) is 14.6 Å². The van der Waals surface area contributed by atoms with Crippen LogP contribution in [-0.4, -0.2) is 9.78 Å². The first kappa shape index (κ1) is 11.6. The summed E-state index contributed by atoms with van der Waals surface area (Å²) in [5, 5.41) is 12.4. The van der Waals surface area contributed by atoms with Crippen LogP contribution in [0.3, 0.4) is 0 Å². The van der Waals surface area contributed by atoms with Gasteiger partial charge >= 0.3 is 0 Å². The highest BCUT2D eigenvalue weighted by molar-refractivity contribution is 7.98. The molecule has 0 unspecified atom stereocenters. The van der Waals surface area contributed by atoms with Crippen molar-refractivity contribution in [1.82, 2.24) is 9.78 Å². The number of thioether (sulfide) groups is 1. The standard InChI is InChI=1S/C12H11N3OS/c1-15-12(16)10(7-13)11(14-15)17-8-9-5-3-2-4-6-9/h2-6,14H,8H2,1H3. The summed E-state index contributed by atoms with van der Waals surface area (Å²) >= 11 is 1.46. The molecule has 0 aliphatic heterocycles. The van der Waals surface area contributed by atoms with Gasteiger partial charge in [-0.05, 0) is 5.56 Å². The minimum atomic E-state index is -0.275. The van der Waals surface area contributed by atoms with Crippen LogP contribution in [0, 0.1) is 11.3 Å². The monoisotopic (exact) mass is 245 g/mol. The van der Waals surface area contributed by atoms with Gasteiger partial charge in [-0.2, -0.15) is 5.26 Å². The van der Waals surface area contributed by atoms with E-state index in [-0.39, 0.29) is 11.1 Å². The van der Waals surface area contributed by atoms with Crippen molar-refractivity contribution in [2.75, 3.05) is 0 Å². The fourth-order valence-corrected chi connectivity index (χ4v) is 2.44. The molecule has 5 heteroatoms. The van der Waals surface area contributed by atoms with Crippen LogP contribution in [0.4, 0.5) is 0 Å². The van der Waals surface area contributed by atoms with Gasteiger partial charge in [0, 0.05) is 12.8 Å². The number of aryl methyl sites for hydroxylation is 1. The van der Waals surface area contributed by atoms with Crippen molar-refractivity contribution < 1.29 is 0 Å². The lowest BCUT2D eigenvalue weighted by Crippen LogP contribution is -2.13. The molecule has 2 rings (SSSR count). The van der Waals surface area contributed by atoms with Crippen molar-refractivity contribution in [1.29, 1.82) is 5.26 Å². The SMILES string of the molecule is Cn1[nH]c(SCc2ccccc2)c(C#N)c1=O. The number of H-pyrrole nitrogens is 1. The van der Waals surface area contributed by atoms with Crippen LogP contribution in [0.5, 0.6) is 0 Å². The second-order valence-corrected chi connectivity index (χ2v) is 4.55. The van der Waals surface area contributed by atoms with E-state index in [1.807, 2.05) is 36.4 Å². The van der Waals surface area contributed by atoms with Crippen molar-refractivity contribution in [2.45, 2.75) is 10.8 Å². The normalized spacial score (nSPS) is 10.1. The number of nitrogens with one attached hydrogen (secondary N) is 1. The van der Waals surface area contributed by atoms with E-state index in [2.05, 4.69) is 5.10 Å². The number of aromatic amines is 1. The molecule has 0 radical (unpaired) electrons. The molecule has 0 amide bonds. The predicted molar refractivity (Wildman–Crippen MR) is 66.8 cm³/mol. The second-order valence-electron chi connectivity index (χ2n) is 3.57. The first-order valence-electron chi connectivity index (χ1n) is 5.08. The third kappa shape index (κ3) is 2.43. The molecule has 1 heterocycles. The summed E-state index contributed by atoms with van der Waals surface area (Å²) in [6.45, 7) is 0. The molecule has 0 atom stereocenters. The van der Waals surface area contributed by atoms with Gasteiger partial charge in [0.1, 0.15) is 11.1 Å². The van der Waals surface area contributed by atoms with Crippen LogP contribution in [0.15, 0.2) is 40.2 Å². The zero-order valence-electron chi connectivity index (χ0n) is 9.30. The highest BCUT2D eigenvalue weighted by Gasteiger charge is 2.11. The Kier molecular flexibility index (Phi) is 3.35. The van der Waals surface area contributed by atoms with Gasteiger partial charge in [-0.25, -0.2) is 0 Å². The van der Waals surface area contributed by atoms with Gasteiger partial charge in [0.05, 0.1) is 0 Å². The molecule has 0 bridgehead atoms. The lowest BCUT2D eigenvalue weighted by Gasteiger charge is -1.99.